The quantitative estimate of drug-likeness (QED) is 0.104. The van der Waals surface area contributed by atoms with Gasteiger partial charge < -0.3 is 30.5 Å². The van der Waals surface area contributed by atoms with E-state index in [1.54, 1.807) is 50.9 Å². The van der Waals surface area contributed by atoms with Gasteiger partial charge in [-0.05, 0) is 75.5 Å². The van der Waals surface area contributed by atoms with Crippen LogP contribution >= 0.6 is 11.3 Å². The molecule has 0 radical (unpaired) electrons. The number of nitrogens with one attached hydrogen (secondary N) is 2. The summed E-state index contributed by atoms with van der Waals surface area (Å²) in [6.07, 6.45) is 0.0763. The summed E-state index contributed by atoms with van der Waals surface area (Å²) in [4.78, 5) is 83.9. The predicted molar refractivity (Wildman–Crippen MR) is 202 cm³/mol. The molecule has 0 aliphatic rings. The molecule has 0 saturated heterocycles. The van der Waals surface area contributed by atoms with Crippen molar-refractivity contribution < 1.29 is 38.9 Å². The van der Waals surface area contributed by atoms with Gasteiger partial charge in [-0.15, -0.1) is 16.2 Å². The molecule has 0 spiro atoms. The van der Waals surface area contributed by atoms with Crippen LogP contribution in [0.3, 0.4) is 0 Å². The maximum Gasteiger partial charge on any atom is 0.306 e. The molecule has 294 valence electrons. The lowest BCUT2D eigenvalue weighted by atomic mass is 9.92. The number of carbonyl (C=O) groups excluding carboxylic acids is 4. The third kappa shape index (κ3) is 12.3. The smallest absolute Gasteiger partial charge is 0.306 e. The van der Waals surface area contributed by atoms with Crippen molar-refractivity contribution in [2.45, 2.75) is 111 Å². The van der Waals surface area contributed by atoms with Crippen molar-refractivity contribution in [2.24, 2.45) is 22.9 Å². The maximum atomic E-state index is 14.1. The van der Waals surface area contributed by atoms with Gasteiger partial charge in [0.1, 0.15) is 28.2 Å². The van der Waals surface area contributed by atoms with Crippen LogP contribution in [0.15, 0.2) is 28.8 Å². The summed E-state index contributed by atoms with van der Waals surface area (Å²) < 4.78 is 5.72. The van der Waals surface area contributed by atoms with Gasteiger partial charge in [-0.25, -0.2) is 4.98 Å². The van der Waals surface area contributed by atoms with Crippen molar-refractivity contribution in [1.82, 2.24) is 25.4 Å². The molecule has 53 heavy (non-hydrogen) atoms. The van der Waals surface area contributed by atoms with Gasteiger partial charge in [0.2, 0.25) is 11.8 Å². The molecule has 2 aromatic rings. The number of hydrogen-bond donors (Lipinski definition) is 4. The molecular formula is C37H56N6O9S. The highest BCUT2D eigenvalue weighted by atomic mass is 32.1. The van der Waals surface area contributed by atoms with Crippen LogP contribution in [0.5, 0.6) is 5.75 Å². The van der Waals surface area contributed by atoms with E-state index in [1.165, 1.54) is 31.4 Å². The Balaban J connectivity index is 2.38. The molecule has 0 unspecified atom stereocenters. The molecule has 1 aromatic heterocycles. The van der Waals surface area contributed by atoms with E-state index < -0.39 is 53.5 Å². The highest BCUT2D eigenvalue weighted by Crippen LogP contribution is 2.32. The number of likely N-dealkylation sites (N-methyl/N-ethyl adjacent to an activating group) is 2. The third-order valence-electron chi connectivity index (χ3n) is 9.86. The second-order valence-corrected chi connectivity index (χ2v) is 15.6. The van der Waals surface area contributed by atoms with Crippen molar-refractivity contribution in [3.05, 3.63) is 44.8 Å². The first-order chi connectivity index (χ1) is 24.6. The van der Waals surface area contributed by atoms with Crippen LogP contribution in [0.25, 0.3) is 0 Å². The van der Waals surface area contributed by atoms with Crippen molar-refractivity contribution in [3.63, 3.8) is 0 Å². The van der Waals surface area contributed by atoms with E-state index in [1.807, 2.05) is 27.7 Å². The van der Waals surface area contributed by atoms with Crippen LogP contribution in [0.2, 0.25) is 0 Å². The van der Waals surface area contributed by atoms with Gasteiger partial charge in [-0.3, -0.25) is 28.9 Å². The number of carbonyl (C=O) groups is 5. The number of nitrogens with zero attached hydrogens (tertiary/aromatic N) is 4. The lowest BCUT2D eigenvalue weighted by molar-refractivity contribution is -0.149. The molecule has 2 rings (SSSR count). The minimum Gasteiger partial charge on any atom is -0.506 e. The number of rotatable bonds is 20. The molecule has 1 aromatic carbocycles. The topological polar surface area (TPSA) is 208 Å². The molecule has 16 heteroatoms. The van der Waals surface area contributed by atoms with Gasteiger partial charge in [0.15, 0.2) is 6.10 Å². The van der Waals surface area contributed by atoms with E-state index in [0.717, 1.165) is 11.3 Å². The van der Waals surface area contributed by atoms with Crippen molar-refractivity contribution >= 4 is 46.7 Å². The molecule has 4 N–H and O–H groups in total. The van der Waals surface area contributed by atoms with Crippen molar-refractivity contribution in [3.8, 4) is 5.75 Å². The Morgan fingerprint density at radius 3 is 2.21 bits per heavy atom. The van der Waals surface area contributed by atoms with Crippen molar-refractivity contribution in [1.29, 1.82) is 0 Å². The molecule has 3 amide bonds. The number of phenols is 1. The number of nitroso groups, excluding NO2 is 1. The Hall–Kier alpha value is -4.44. The minimum absolute atomic E-state index is 0.0182. The van der Waals surface area contributed by atoms with Crippen LogP contribution in [-0.4, -0.2) is 99.5 Å². The predicted octanol–water partition coefficient (Wildman–Crippen LogP) is 5.05. The Kier molecular flexibility index (Phi) is 16.5. The van der Waals surface area contributed by atoms with Crippen LogP contribution in [0.1, 0.15) is 102 Å². The van der Waals surface area contributed by atoms with E-state index in [9.17, 15) is 39.1 Å². The molecule has 0 bridgehead atoms. The monoisotopic (exact) mass is 760 g/mol. The fourth-order valence-corrected chi connectivity index (χ4v) is 6.50. The van der Waals surface area contributed by atoms with Gasteiger partial charge in [0, 0.05) is 37.9 Å². The van der Waals surface area contributed by atoms with Crippen LogP contribution in [0.4, 0.5) is 5.69 Å². The van der Waals surface area contributed by atoms with Crippen LogP contribution in [0, 0.1) is 22.7 Å². The Bertz CT molecular complexity index is 1610. The number of carboxylic acid groups (broad SMARTS) is 1. The van der Waals surface area contributed by atoms with Gasteiger partial charge in [-0.2, -0.15) is 0 Å². The van der Waals surface area contributed by atoms with Gasteiger partial charge in [0.25, 0.3) is 5.91 Å². The van der Waals surface area contributed by atoms with Crippen molar-refractivity contribution in [2.75, 3.05) is 21.1 Å². The number of thiazole rings is 1. The van der Waals surface area contributed by atoms with Gasteiger partial charge >= 0.3 is 11.9 Å². The molecule has 15 nitrogen and oxygen atoms in total. The number of amides is 3. The minimum atomic E-state index is -1.05. The summed E-state index contributed by atoms with van der Waals surface area (Å²) in [6, 6.07) is 2.26. The number of aromatic nitrogens is 1. The largest absolute Gasteiger partial charge is 0.506 e. The summed E-state index contributed by atoms with van der Waals surface area (Å²) in [5, 5.41) is 29.8. The average Bonchev–Trinajstić information content (AvgIpc) is 3.59. The SMILES string of the molecule is CC[C@H](C)[C@H](NC(=O)C(C)(C)N(C)C)C(=O)N(C)[C@H](C[C@@H](OC(C)=O)c1nc(C(=O)N[C@@H](Cc2ccc(O)c(N=O)c2)C[C@H](C)C(=O)O)cs1)C(C)C. The van der Waals surface area contributed by atoms with Gasteiger partial charge in [0.05, 0.1) is 11.5 Å². The normalized spacial score (nSPS) is 15.1. The summed E-state index contributed by atoms with van der Waals surface area (Å²) >= 11 is 1.10. The second kappa shape index (κ2) is 19.6. The van der Waals surface area contributed by atoms with E-state index >= 15 is 0 Å². The fraction of sp³-hybridized carbons (Fsp3) is 0.622. The van der Waals surface area contributed by atoms with Gasteiger partial charge in [-0.1, -0.05) is 47.1 Å². The molecule has 0 saturated carbocycles. The zero-order valence-corrected chi connectivity index (χ0v) is 33.4. The lowest BCUT2D eigenvalue weighted by Gasteiger charge is -2.38. The Morgan fingerprint density at radius 1 is 1.04 bits per heavy atom. The third-order valence-corrected chi connectivity index (χ3v) is 10.8. The van der Waals surface area contributed by atoms with Crippen LogP contribution in [-0.2, 0) is 30.3 Å². The number of esters is 1. The number of aliphatic carboxylic acids is 1. The van der Waals surface area contributed by atoms with E-state index in [2.05, 4.69) is 20.8 Å². The van der Waals surface area contributed by atoms with E-state index in [0.29, 0.717) is 17.0 Å². The summed E-state index contributed by atoms with van der Waals surface area (Å²) in [5.74, 6) is -4.20. The second-order valence-electron chi connectivity index (χ2n) is 14.7. The molecular weight excluding hydrogens is 705 g/mol. The first-order valence-electron chi connectivity index (χ1n) is 17.7. The number of carboxylic acids is 1. The van der Waals surface area contributed by atoms with E-state index in [4.69, 9.17) is 4.74 Å². The average molecular weight is 761 g/mol. The molecule has 0 aliphatic carbocycles. The Labute approximate surface area is 315 Å². The fourth-order valence-electron chi connectivity index (χ4n) is 5.66. The number of hydrogen-bond acceptors (Lipinski definition) is 12. The highest BCUT2D eigenvalue weighted by Gasteiger charge is 2.38. The number of phenolic OH excluding ortho intramolecular Hbond substituents is 1. The molecule has 1 heterocycles. The number of ether oxygens (including phenoxy) is 1. The first kappa shape index (κ1) is 44.7. The van der Waals surface area contributed by atoms with Crippen LogP contribution < -0.4 is 10.6 Å². The zero-order chi connectivity index (χ0) is 40.4. The summed E-state index contributed by atoms with van der Waals surface area (Å²) in [6.45, 7) is 14.1. The molecule has 0 aliphatic heterocycles. The summed E-state index contributed by atoms with van der Waals surface area (Å²) in [7, 11) is 5.25. The number of benzene rings is 1. The number of aromatic hydroxyl groups is 1. The molecule has 6 atom stereocenters. The molecule has 0 fully saturated rings. The first-order valence-corrected chi connectivity index (χ1v) is 18.6. The maximum absolute atomic E-state index is 14.1. The summed E-state index contributed by atoms with van der Waals surface area (Å²) in [5.41, 5.74) is -0.483. The zero-order valence-electron chi connectivity index (χ0n) is 32.6. The lowest BCUT2D eigenvalue weighted by Crippen LogP contribution is -2.60. The highest BCUT2D eigenvalue weighted by molar-refractivity contribution is 7.09. The van der Waals surface area contributed by atoms with E-state index in [-0.39, 0.29) is 60.0 Å². The Morgan fingerprint density at radius 2 is 1.68 bits per heavy atom. The standard InChI is InChI=1S/C37H56N6O9S/c1-12-21(4)31(40-36(50)37(7,8)42(9)10)34(47)43(11)28(20(2)3)18-30(52-23(6)44)33-39-27(19-53-33)32(46)38-25(15-22(5)35(48)49)16-24-13-14-29(45)26(17-24)41-51/h13-14,17,19-22,25,28,30-31,45H,12,15-16,18H2,1-11H3,(H,38,46)(H,40,50)(H,48,49)/t21-,22-,25+,28+,30+,31-/m0/s1.